The Balaban J connectivity index is 0.000000186. The largest absolute Gasteiger partial charge is 0.311 e. The van der Waals surface area contributed by atoms with Gasteiger partial charge in [0, 0.05) is 5.54 Å². The van der Waals surface area contributed by atoms with E-state index in [0.717, 1.165) is 18.0 Å². The fourth-order valence-electron chi connectivity index (χ4n) is 1.34. The minimum Gasteiger partial charge on any atom is -0.311 e. The van der Waals surface area contributed by atoms with Crippen LogP contribution >= 0.6 is 0 Å². The van der Waals surface area contributed by atoms with Crippen LogP contribution in [0, 0.1) is 5.92 Å². The molecule has 1 heteroatoms. The van der Waals surface area contributed by atoms with E-state index in [1.165, 1.54) is 12.8 Å². The summed E-state index contributed by atoms with van der Waals surface area (Å²) in [6.07, 6.45) is 2.95. The Morgan fingerprint density at radius 1 is 1.44 bits per heavy atom. The van der Waals surface area contributed by atoms with Crippen LogP contribution in [0.25, 0.3) is 0 Å². The number of fused-ring (bicyclic) bond motifs is 1. The number of hydrogen-bond donors (Lipinski definition) is 1. The quantitative estimate of drug-likeness (QED) is 0.596. The molecule has 0 heterocycles. The standard InChI is InChI=1S/C6H11N.C2H6/c1-2-7-6-3-5(6)4-6;1-2/h5,7H,2-4H2,1H3;1-2H3. The molecule has 2 aliphatic rings. The Morgan fingerprint density at radius 2 is 1.89 bits per heavy atom. The van der Waals surface area contributed by atoms with Crippen LogP contribution < -0.4 is 5.32 Å². The second-order valence-corrected chi connectivity index (χ2v) is 2.79. The van der Waals surface area contributed by atoms with Crippen molar-refractivity contribution in [1.29, 1.82) is 0 Å². The van der Waals surface area contributed by atoms with Crippen molar-refractivity contribution in [1.82, 2.24) is 5.32 Å². The van der Waals surface area contributed by atoms with Gasteiger partial charge in [-0.25, -0.2) is 0 Å². The molecular formula is C8H17N. The zero-order valence-corrected chi connectivity index (χ0v) is 6.70. The monoisotopic (exact) mass is 127 g/mol. The van der Waals surface area contributed by atoms with Gasteiger partial charge in [0.05, 0.1) is 0 Å². The lowest BCUT2D eigenvalue weighted by Gasteiger charge is -1.99. The average molecular weight is 127 g/mol. The summed E-state index contributed by atoms with van der Waals surface area (Å²) in [5.74, 6) is 1.10. The van der Waals surface area contributed by atoms with Crippen LogP contribution in [0.1, 0.15) is 33.6 Å². The van der Waals surface area contributed by atoms with Gasteiger partial charge in [-0.3, -0.25) is 0 Å². The average Bonchev–Trinajstić information content (AvgIpc) is 2.61. The Morgan fingerprint density at radius 3 is 2.00 bits per heavy atom. The highest BCUT2D eigenvalue weighted by Gasteiger charge is 2.68. The summed E-state index contributed by atoms with van der Waals surface area (Å²) in [7, 11) is 0. The highest BCUT2D eigenvalue weighted by Crippen LogP contribution is 2.66. The summed E-state index contributed by atoms with van der Waals surface area (Å²) in [5, 5.41) is 3.47. The zero-order valence-electron chi connectivity index (χ0n) is 6.70. The van der Waals surface area contributed by atoms with Gasteiger partial charge < -0.3 is 5.32 Å². The van der Waals surface area contributed by atoms with Crippen LogP contribution in [0.5, 0.6) is 0 Å². The summed E-state index contributed by atoms with van der Waals surface area (Å²) >= 11 is 0. The molecule has 2 fully saturated rings. The lowest BCUT2D eigenvalue weighted by atomic mass is 10.3. The van der Waals surface area contributed by atoms with E-state index in [1.807, 2.05) is 13.8 Å². The molecule has 0 aromatic heterocycles. The summed E-state index contributed by atoms with van der Waals surface area (Å²) in [6, 6.07) is 0. The molecular weight excluding hydrogens is 110 g/mol. The van der Waals surface area contributed by atoms with Crippen molar-refractivity contribution in [3.05, 3.63) is 0 Å². The normalized spacial score (nSPS) is 42.3. The van der Waals surface area contributed by atoms with Gasteiger partial charge in [-0.15, -0.1) is 0 Å². The van der Waals surface area contributed by atoms with Crippen molar-refractivity contribution in [3.63, 3.8) is 0 Å². The second-order valence-electron chi connectivity index (χ2n) is 2.79. The zero-order chi connectivity index (χ0) is 6.91. The molecule has 0 atom stereocenters. The van der Waals surface area contributed by atoms with Crippen molar-refractivity contribution in [3.8, 4) is 0 Å². The molecule has 0 aromatic carbocycles. The third-order valence-corrected chi connectivity index (χ3v) is 2.21. The molecule has 0 spiro atoms. The third kappa shape index (κ3) is 1.11. The molecule has 2 aliphatic carbocycles. The topological polar surface area (TPSA) is 12.0 Å². The molecule has 0 unspecified atom stereocenters. The molecule has 2 rings (SSSR count). The predicted molar refractivity (Wildman–Crippen MR) is 40.5 cm³/mol. The fourth-order valence-corrected chi connectivity index (χ4v) is 1.34. The number of hydrogen-bond acceptors (Lipinski definition) is 1. The maximum absolute atomic E-state index is 3.47. The first kappa shape index (κ1) is 7.07. The molecule has 0 saturated heterocycles. The van der Waals surface area contributed by atoms with Crippen LogP contribution in [-0.2, 0) is 0 Å². The lowest BCUT2D eigenvalue weighted by molar-refractivity contribution is 0.611. The fraction of sp³-hybridized carbons (Fsp3) is 1.00. The van der Waals surface area contributed by atoms with Gasteiger partial charge in [-0.2, -0.15) is 0 Å². The molecule has 1 nitrogen and oxygen atoms in total. The first-order valence-corrected chi connectivity index (χ1v) is 4.12. The van der Waals surface area contributed by atoms with Gasteiger partial charge in [0.2, 0.25) is 0 Å². The summed E-state index contributed by atoms with van der Waals surface area (Å²) in [5.41, 5.74) is 0.717. The van der Waals surface area contributed by atoms with Gasteiger partial charge in [0.25, 0.3) is 0 Å². The molecule has 0 aliphatic heterocycles. The maximum Gasteiger partial charge on any atom is 0.0217 e. The SMILES string of the molecule is CC.CCNC12CC1C2. The summed E-state index contributed by atoms with van der Waals surface area (Å²) in [6.45, 7) is 7.35. The molecule has 9 heavy (non-hydrogen) atoms. The van der Waals surface area contributed by atoms with Gasteiger partial charge in [-0.05, 0) is 25.3 Å². The first-order chi connectivity index (χ1) is 4.37. The van der Waals surface area contributed by atoms with Crippen molar-refractivity contribution in [2.45, 2.75) is 39.2 Å². The molecule has 1 N–H and O–H groups in total. The smallest absolute Gasteiger partial charge is 0.0217 e. The van der Waals surface area contributed by atoms with E-state index in [9.17, 15) is 0 Å². The summed E-state index contributed by atoms with van der Waals surface area (Å²) in [4.78, 5) is 0. The van der Waals surface area contributed by atoms with Crippen LogP contribution in [-0.4, -0.2) is 12.1 Å². The molecule has 0 aromatic rings. The van der Waals surface area contributed by atoms with E-state index in [4.69, 9.17) is 0 Å². The molecule has 0 radical (unpaired) electrons. The van der Waals surface area contributed by atoms with Crippen molar-refractivity contribution >= 4 is 0 Å². The highest BCUT2D eigenvalue weighted by atomic mass is 15.1. The van der Waals surface area contributed by atoms with Gasteiger partial charge in [-0.1, -0.05) is 20.8 Å². The minimum atomic E-state index is 0.717. The van der Waals surface area contributed by atoms with Crippen LogP contribution in [0.4, 0.5) is 0 Å². The Bertz CT molecular complexity index is 92.7. The van der Waals surface area contributed by atoms with Crippen LogP contribution in [0.15, 0.2) is 0 Å². The predicted octanol–water partition coefficient (Wildman–Crippen LogP) is 1.78. The maximum atomic E-state index is 3.47. The van der Waals surface area contributed by atoms with E-state index in [0.29, 0.717) is 0 Å². The van der Waals surface area contributed by atoms with E-state index in [-0.39, 0.29) is 0 Å². The van der Waals surface area contributed by atoms with Gasteiger partial charge in [0.1, 0.15) is 0 Å². The van der Waals surface area contributed by atoms with Crippen LogP contribution in [0.2, 0.25) is 0 Å². The lowest BCUT2D eigenvalue weighted by Crippen LogP contribution is -2.21. The second kappa shape index (κ2) is 2.30. The highest BCUT2D eigenvalue weighted by molar-refractivity contribution is 5.26. The van der Waals surface area contributed by atoms with Crippen molar-refractivity contribution < 1.29 is 0 Å². The molecule has 54 valence electrons. The van der Waals surface area contributed by atoms with E-state index in [2.05, 4.69) is 12.2 Å². The number of nitrogens with one attached hydrogen (secondary N) is 1. The van der Waals surface area contributed by atoms with Crippen LogP contribution in [0.3, 0.4) is 0 Å². The van der Waals surface area contributed by atoms with Gasteiger partial charge in [0.15, 0.2) is 0 Å². The van der Waals surface area contributed by atoms with Gasteiger partial charge >= 0.3 is 0 Å². The Labute approximate surface area is 57.8 Å². The van der Waals surface area contributed by atoms with E-state index < -0.39 is 0 Å². The van der Waals surface area contributed by atoms with Crippen molar-refractivity contribution in [2.75, 3.05) is 6.54 Å². The molecule has 0 amide bonds. The van der Waals surface area contributed by atoms with Crippen molar-refractivity contribution in [2.24, 2.45) is 5.92 Å². The van der Waals surface area contributed by atoms with E-state index >= 15 is 0 Å². The number of rotatable bonds is 2. The minimum absolute atomic E-state index is 0.717. The first-order valence-electron chi connectivity index (χ1n) is 4.12. The van der Waals surface area contributed by atoms with E-state index in [1.54, 1.807) is 0 Å². The molecule has 2 saturated carbocycles. The Kier molecular flexibility index (Phi) is 1.80. The Hall–Kier alpha value is -0.0400. The third-order valence-electron chi connectivity index (χ3n) is 2.21. The summed E-state index contributed by atoms with van der Waals surface area (Å²) < 4.78 is 0. The molecule has 0 bridgehead atoms.